The highest BCUT2D eigenvalue weighted by Crippen LogP contribution is 1.88. The summed E-state index contributed by atoms with van der Waals surface area (Å²) in [6.45, 7) is -0.324. The molecule has 8 heteroatoms. The van der Waals surface area contributed by atoms with Gasteiger partial charge in [0.15, 0.2) is 0 Å². The fourth-order valence-corrected chi connectivity index (χ4v) is 1.06. The second-order valence-corrected chi connectivity index (χ2v) is 4.55. The highest BCUT2D eigenvalue weighted by Gasteiger charge is 2.17. The maximum Gasteiger partial charge on any atom is 0.321 e. The van der Waals surface area contributed by atoms with Gasteiger partial charge in [0, 0.05) is 20.6 Å². The van der Waals surface area contributed by atoms with Gasteiger partial charge in [0.2, 0.25) is 0 Å². The van der Waals surface area contributed by atoms with Crippen LogP contribution in [-0.2, 0) is 15.0 Å². The number of carboxylic acid groups (broad SMARTS) is 1. The molecule has 0 radical (unpaired) electrons. The van der Waals surface area contributed by atoms with E-state index in [4.69, 9.17) is 10.8 Å². The van der Waals surface area contributed by atoms with Gasteiger partial charge in [-0.15, -0.1) is 0 Å². The molecule has 0 saturated heterocycles. The SMILES string of the molecule is CN(C)S(=O)(=O)NC[C@H](N)C(=O)O. The molecule has 0 aliphatic rings. The molecule has 7 nitrogen and oxygen atoms in total. The van der Waals surface area contributed by atoms with Crippen LogP contribution in [0.5, 0.6) is 0 Å². The lowest BCUT2D eigenvalue weighted by Crippen LogP contribution is -2.45. The lowest BCUT2D eigenvalue weighted by molar-refractivity contribution is -0.138. The summed E-state index contributed by atoms with van der Waals surface area (Å²) in [4.78, 5) is 10.2. The van der Waals surface area contributed by atoms with E-state index in [2.05, 4.69) is 0 Å². The molecule has 0 saturated carbocycles. The van der Waals surface area contributed by atoms with E-state index in [0.29, 0.717) is 0 Å². The summed E-state index contributed by atoms with van der Waals surface area (Å²) < 4.78 is 25.0. The van der Waals surface area contributed by atoms with Crippen molar-refractivity contribution in [1.29, 1.82) is 0 Å². The second kappa shape index (κ2) is 4.51. The predicted octanol–water partition coefficient (Wildman–Crippen LogP) is -2.21. The quantitative estimate of drug-likeness (QED) is 0.477. The number of nitrogens with two attached hydrogens (primary N) is 1. The molecular weight excluding hydrogens is 198 g/mol. The van der Waals surface area contributed by atoms with Crippen LogP contribution in [0.2, 0.25) is 0 Å². The van der Waals surface area contributed by atoms with Crippen LogP contribution in [0.15, 0.2) is 0 Å². The predicted molar refractivity (Wildman–Crippen MR) is 46.2 cm³/mol. The Kier molecular flexibility index (Phi) is 4.27. The zero-order valence-corrected chi connectivity index (χ0v) is 8.21. The van der Waals surface area contributed by atoms with E-state index in [0.717, 1.165) is 4.31 Å². The summed E-state index contributed by atoms with van der Waals surface area (Å²) >= 11 is 0. The summed E-state index contributed by atoms with van der Waals surface area (Å²) in [5, 5.41) is 8.34. The minimum absolute atomic E-state index is 0.324. The summed E-state index contributed by atoms with van der Waals surface area (Å²) in [7, 11) is -0.931. The molecule has 0 heterocycles. The van der Waals surface area contributed by atoms with Crippen molar-refractivity contribution >= 4 is 16.2 Å². The standard InChI is InChI=1S/C5H13N3O4S/c1-8(2)13(11,12)7-3-4(6)5(9)10/h4,7H,3,6H2,1-2H3,(H,9,10)/t4-/m0/s1. The summed E-state index contributed by atoms with van der Waals surface area (Å²) in [5.74, 6) is -1.25. The molecule has 0 aromatic rings. The number of nitrogens with one attached hydrogen (secondary N) is 1. The van der Waals surface area contributed by atoms with Gasteiger partial charge >= 0.3 is 5.97 Å². The molecular formula is C5H13N3O4S. The normalized spacial score (nSPS) is 14.5. The Morgan fingerprint density at radius 1 is 1.62 bits per heavy atom. The van der Waals surface area contributed by atoms with Crippen molar-refractivity contribution in [2.24, 2.45) is 5.73 Å². The lowest BCUT2D eigenvalue weighted by Gasteiger charge is -2.13. The zero-order valence-electron chi connectivity index (χ0n) is 7.39. The average Bonchev–Trinajstić information content (AvgIpc) is 1.99. The molecule has 1 atom stereocenters. The first-order valence-electron chi connectivity index (χ1n) is 3.43. The van der Waals surface area contributed by atoms with Crippen molar-refractivity contribution in [1.82, 2.24) is 9.03 Å². The van der Waals surface area contributed by atoms with Crippen molar-refractivity contribution < 1.29 is 18.3 Å². The topological polar surface area (TPSA) is 113 Å². The number of hydrogen-bond acceptors (Lipinski definition) is 4. The van der Waals surface area contributed by atoms with Crippen molar-refractivity contribution in [3.63, 3.8) is 0 Å². The number of rotatable bonds is 5. The Balaban J connectivity index is 4.11. The van der Waals surface area contributed by atoms with Crippen LogP contribution >= 0.6 is 0 Å². The first-order chi connectivity index (χ1) is 5.77. The van der Waals surface area contributed by atoms with Gasteiger partial charge in [-0.2, -0.15) is 17.4 Å². The van der Waals surface area contributed by atoms with Crippen molar-refractivity contribution in [2.45, 2.75) is 6.04 Å². The minimum atomic E-state index is -3.59. The number of nitrogens with zero attached hydrogens (tertiary/aromatic N) is 1. The van der Waals surface area contributed by atoms with Gasteiger partial charge in [0.25, 0.3) is 10.2 Å². The van der Waals surface area contributed by atoms with Crippen molar-refractivity contribution in [2.75, 3.05) is 20.6 Å². The molecule has 4 N–H and O–H groups in total. The highest BCUT2D eigenvalue weighted by molar-refractivity contribution is 7.87. The van der Waals surface area contributed by atoms with Gasteiger partial charge in [-0.3, -0.25) is 4.79 Å². The van der Waals surface area contributed by atoms with Crippen LogP contribution in [0.3, 0.4) is 0 Å². The first-order valence-corrected chi connectivity index (χ1v) is 4.87. The smallest absolute Gasteiger partial charge is 0.321 e. The Bertz CT molecular complexity index is 274. The van der Waals surface area contributed by atoms with Gasteiger partial charge < -0.3 is 10.8 Å². The van der Waals surface area contributed by atoms with E-state index in [1.165, 1.54) is 14.1 Å². The zero-order chi connectivity index (χ0) is 10.6. The van der Waals surface area contributed by atoms with E-state index in [1.54, 1.807) is 0 Å². The van der Waals surface area contributed by atoms with Crippen molar-refractivity contribution in [3.8, 4) is 0 Å². The molecule has 0 aromatic heterocycles. The molecule has 78 valence electrons. The van der Waals surface area contributed by atoms with Crippen LogP contribution < -0.4 is 10.5 Å². The Morgan fingerprint density at radius 3 is 2.38 bits per heavy atom. The maximum absolute atomic E-state index is 11.0. The third kappa shape index (κ3) is 4.18. The summed E-state index contributed by atoms with van der Waals surface area (Å²) in [6, 6.07) is -1.23. The third-order valence-corrected chi connectivity index (χ3v) is 2.78. The molecule has 0 unspecified atom stereocenters. The van der Waals surface area contributed by atoms with Gasteiger partial charge in [-0.1, -0.05) is 0 Å². The fourth-order valence-electron chi connectivity index (χ4n) is 0.411. The molecule has 0 aliphatic heterocycles. The van der Waals surface area contributed by atoms with E-state index >= 15 is 0 Å². The second-order valence-electron chi connectivity index (χ2n) is 2.58. The fraction of sp³-hybridized carbons (Fsp3) is 0.800. The summed E-state index contributed by atoms with van der Waals surface area (Å²) in [5.41, 5.74) is 5.08. The molecule has 0 bridgehead atoms. The van der Waals surface area contributed by atoms with Crippen LogP contribution in [0, 0.1) is 0 Å². The average molecular weight is 211 g/mol. The number of aliphatic carboxylic acids is 1. The van der Waals surface area contributed by atoms with E-state index in [1.807, 2.05) is 4.72 Å². The summed E-state index contributed by atoms with van der Waals surface area (Å²) in [6.07, 6.45) is 0. The van der Waals surface area contributed by atoms with Crippen molar-refractivity contribution in [3.05, 3.63) is 0 Å². The number of hydrogen-bond donors (Lipinski definition) is 3. The Hall–Kier alpha value is -0.700. The first kappa shape index (κ1) is 12.3. The molecule has 0 fully saturated rings. The Labute approximate surface area is 76.7 Å². The number of carboxylic acids is 1. The molecule has 0 spiro atoms. The van der Waals surface area contributed by atoms with Gasteiger partial charge in [0.1, 0.15) is 6.04 Å². The molecule has 0 rings (SSSR count). The van der Waals surface area contributed by atoms with Crippen LogP contribution in [0.1, 0.15) is 0 Å². The van der Waals surface area contributed by atoms with Crippen LogP contribution in [0.4, 0.5) is 0 Å². The molecule has 0 aromatic carbocycles. The van der Waals surface area contributed by atoms with Crippen LogP contribution in [-0.4, -0.2) is 50.5 Å². The largest absolute Gasteiger partial charge is 0.480 e. The monoisotopic (exact) mass is 211 g/mol. The molecule has 13 heavy (non-hydrogen) atoms. The van der Waals surface area contributed by atoms with E-state index in [-0.39, 0.29) is 6.54 Å². The molecule has 0 aliphatic carbocycles. The highest BCUT2D eigenvalue weighted by atomic mass is 32.2. The van der Waals surface area contributed by atoms with E-state index in [9.17, 15) is 13.2 Å². The van der Waals surface area contributed by atoms with Gasteiger partial charge in [-0.05, 0) is 0 Å². The maximum atomic E-state index is 11.0. The van der Waals surface area contributed by atoms with E-state index < -0.39 is 22.2 Å². The number of carbonyl (C=O) groups is 1. The Morgan fingerprint density at radius 2 is 2.08 bits per heavy atom. The minimum Gasteiger partial charge on any atom is -0.480 e. The lowest BCUT2D eigenvalue weighted by atomic mass is 10.3. The van der Waals surface area contributed by atoms with Gasteiger partial charge in [-0.25, -0.2) is 0 Å². The molecule has 0 amide bonds. The third-order valence-electron chi connectivity index (χ3n) is 1.28. The van der Waals surface area contributed by atoms with Crippen LogP contribution in [0.25, 0.3) is 0 Å². The van der Waals surface area contributed by atoms with Gasteiger partial charge in [0.05, 0.1) is 0 Å².